The van der Waals surface area contributed by atoms with Crippen LogP contribution in [0.25, 0.3) is 11.0 Å². The molecule has 1 aromatic carbocycles. The van der Waals surface area contributed by atoms with Crippen molar-refractivity contribution in [2.75, 3.05) is 12.8 Å². The summed E-state index contributed by atoms with van der Waals surface area (Å²) in [6, 6.07) is 5.84. The van der Waals surface area contributed by atoms with Crippen LogP contribution in [-0.2, 0) is 13.0 Å². The summed E-state index contributed by atoms with van der Waals surface area (Å²) >= 11 is 1.60. The Kier molecular flexibility index (Phi) is 3.08. The molecule has 5 nitrogen and oxygen atoms in total. The van der Waals surface area contributed by atoms with Crippen molar-refractivity contribution in [2.45, 2.75) is 13.0 Å². The number of ether oxygens (including phenoxy) is 1. The number of nitrogen functional groups attached to an aromatic ring is 1. The molecule has 19 heavy (non-hydrogen) atoms. The SMILES string of the molecule is COc1cccc2c1nc(N)n2CCc1cscn1. The summed E-state index contributed by atoms with van der Waals surface area (Å²) < 4.78 is 7.30. The zero-order chi connectivity index (χ0) is 13.2. The van der Waals surface area contributed by atoms with Crippen molar-refractivity contribution in [1.82, 2.24) is 14.5 Å². The van der Waals surface area contributed by atoms with E-state index in [0.717, 1.165) is 35.4 Å². The number of hydrogen-bond donors (Lipinski definition) is 1. The minimum absolute atomic E-state index is 0.509. The van der Waals surface area contributed by atoms with E-state index >= 15 is 0 Å². The average molecular weight is 274 g/mol. The van der Waals surface area contributed by atoms with Crippen LogP contribution in [-0.4, -0.2) is 21.6 Å². The van der Waals surface area contributed by atoms with Gasteiger partial charge in [0.25, 0.3) is 0 Å². The lowest BCUT2D eigenvalue weighted by molar-refractivity contribution is 0.419. The maximum Gasteiger partial charge on any atom is 0.201 e. The summed E-state index contributed by atoms with van der Waals surface area (Å²) in [5.74, 6) is 1.26. The lowest BCUT2D eigenvalue weighted by Gasteiger charge is -2.05. The maximum absolute atomic E-state index is 5.99. The highest BCUT2D eigenvalue weighted by atomic mass is 32.1. The number of hydrogen-bond acceptors (Lipinski definition) is 5. The molecule has 0 aliphatic rings. The van der Waals surface area contributed by atoms with Gasteiger partial charge in [0.1, 0.15) is 11.3 Å². The van der Waals surface area contributed by atoms with E-state index in [1.54, 1.807) is 18.4 Å². The Morgan fingerprint density at radius 1 is 1.42 bits per heavy atom. The number of rotatable bonds is 4. The highest BCUT2D eigenvalue weighted by Crippen LogP contribution is 2.26. The van der Waals surface area contributed by atoms with Gasteiger partial charge in [0.2, 0.25) is 5.95 Å². The number of nitrogens with zero attached hydrogens (tertiary/aromatic N) is 3. The van der Waals surface area contributed by atoms with E-state index in [2.05, 4.69) is 15.3 Å². The van der Waals surface area contributed by atoms with E-state index in [-0.39, 0.29) is 0 Å². The zero-order valence-electron chi connectivity index (χ0n) is 10.5. The first-order valence-corrected chi connectivity index (χ1v) is 6.89. The van der Waals surface area contributed by atoms with E-state index in [1.165, 1.54) is 0 Å². The summed E-state index contributed by atoms with van der Waals surface area (Å²) in [6.45, 7) is 0.763. The molecular weight excluding hydrogens is 260 g/mol. The molecule has 2 heterocycles. The van der Waals surface area contributed by atoms with Crippen molar-refractivity contribution in [2.24, 2.45) is 0 Å². The van der Waals surface area contributed by atoms with Crippen LogP contribution in [0.5, 0.6) is 5.75 Å². The fraction of sp³-hybridized carbons (Fsp3) is 0.231. The second kappa shape index (κ2) is 4.89. The second-order valence-corrected chi connectivity index (χ2v) is 4.90. The summed E-state index contributed by atoms with van der Waals surface area (Å²) in [5.41, 5.74) is 10.7. The highest BCUT2D eigenvalue weighted by Gasteiger charge is 2.11. The van der Waals surface area contributed by atoms with Gasteiger partial charge in [-0.25, -0.2) is 9.97 Å². The van der Waals surface area contributed by atoms with Crippen LogP contribution < -0.4 is 10.5 Å². The third kappa shape index (κ3) is 2.15. The topological polar surface area (TPSA) is 66.0 Å². The standard InChI is InChI=1S/C13H14N4OS/c1-18-11-4-2-3-10-12(11)16-13(14)17(10)6-5-9-7-19-8-15-9/h2-4,7-8H,5-6H2,1H3,(H2,14,16). The molecule has 0 saturated carbocycles. The normalized spacial score (nSPS) is 11.0. The molecule has 2 aromatic heterocycles. The molecule has 0 spiro atoms. The van der Waals surface area contributed by atoms with E-state index in [4.69, 9.17) is 10.5 Å². The Labute approximate surface area is 114 Å². The molecule has 0 bridgehead atoms. The van der Waals surface area contributed by atoms with Gasteiger partial charge in [-0.05, 0) is 12.1 Å². The van der Waals surface area contributed by atoms with Crippen LogP contribution >= 0.6 is 11.3 Å². The molecule has 0 fully saturated rings. The fourth-order valence-electron chi connectivity index (χ4n) is 2.13. The van der Waals surface area contributed by atoms with Crippen molar-refractivity contribution in [1.29, 1.82) is 0 Å². The molecule has 3 rings (SSSR count). The average Bonchev–Trinajstić information content (AvgIpc) is 3.03. The number of aromatic nitrogens is 3. The van der Waals surface area contributed by atoms with Crippen LogP contribution in [0.4, 0.5) is 5.95 Å². The van der Waals surface area contributed by atoms with Gasteiger partial charge in [0, 0.05) is 18.3 Å². The second-order valence-electron chi connectivity index (χ2n) is 4.18. The number of nitrogens with two attached hydrogens (primary N) is 1. The van der Waals surface area contributed by atoms with Crippen LogP contribution in [0.3, 0.4) is 0 Å². The largest absolute Gasteiger partial charge is 0.494 e. The van der Waals surface area contributed by atoms with Gasteiger partial charge in [-0.15, -0.1) is 11.3 Å². The van der Waals surface area contributed by atoms with Crippen LogP contribution in [0.1, 0.15) is 5.69 Å². The summed E-state index contributed by atoms with van der Waals surface area (Å²) in [4.78, 5) is 8.66. The smallest absolute Gasteiger partial charge is 0.201 e. The number of fused-ring (bicyclic) bond motifs is 1. The fourth-order valence-corrected chi connectivity index (χ4v) is 2.72. The van der Waals surface area contributed by atoms with Crippen molar-refractivity contribution in [3.05, 3.63) is 34.8 Å². The predicted molar refractivity (Wildman–Crippen MR) is 76.5 cm³/mol. The molecule has 0 radical (unpaired) electrons. The number of aryl methyl sites for hydroxylation is 2. The molecule has 0 atom stereocenters. The maximum atomic E-state index is 5.99. The molecule has 6 heteroatoms. The quantitative estimate of drug-likeness (QED) is 0.793. The van der Waals surface area contributed by atoms with Crippen LogP contribution in [0, 0.1) is 0 Å². The molecular formula is C13H14N4OS. The number of imidazole rings is 1. The zero-order valence-corrected chi connectivity index (χ0v) is 11.4. The van der Waals surface area contributed by atoms with E-state index < -0.39 is 0 Å². The predicted octanol–water partition coefficient (Wildman–Crippen LogP) is 2.33. The Hall–Kier alpha value is -2.08. The van der Waals surface area contributed by atoms with Crippen LogP contribution in [0.2, 0.25) is 0 Å². The molecule has 0 amide bonds. The van der Waals surface area contributed by atoms with Crippen molar-refractivity contribution in [3.8, 4) is 5.75 Å². The Bertz CT molecular complexity index is 690. The molecule has 3 aromatic rings. The number of anilines is 1. The Balaban J connectivity index is 1.96. The summed E-state index contributed by atoms with van der Waals surface area (Å²) in [5, 5.41) is 2.05. The van der Waals surface area contributed by atoms with Gasteiger partial charge >= 0.3 is 0 Å². The summed E-state index contributed by atoms with van der Waals surface area (Å²) in [7, 11) is 1.64. The third-order valence-corrected chi connectivity index (χ3v) is 3.70. The molecule has 98 valence electrons. The van der Waals surface area contributed by atoms with Gasteiger partial charge < -0.3 is 15.0 Å². The minimum Gasteiger partial charge on any atom is -0.494 e. The lowest BCUT2D eigenvalue weighted by Crippen LogP contribution is -2.05. The third-order valence-electron chi connectivity index (χ3n) is 3.07. The first-order valence-electron chi connectivity index (χ1n) is 5.95. The minimum atomic E-state index is 0.509. The lowest BCUT2D eigenvalue weighted by atomic mass is 10.3. The van der Waals surface area contributed by atoms with E-state index in [0.29, 0.717) is 5.95 Å². The molecule has 0 aliphatic heterocycles. The van der Waals surface area contributed by atoms with E-state index in [9.17, 15) is 0 Å². The molecule has 0 unspecified atom stereocenters. The van der Waals surface area contributed by atoms with Crippen molar-refractivity contribution >= 4 is 28.3 Å². The van der Waals surface area contributed by atoms with Gasteiger partial charge in [0.05, 0.1) is 23.8 Å². The van der Waals surface area contributed by atoms with Gasteiger partial charge in [-0.2, -0.15) is 0 Å². The monoisotopic (exact) mass is 274 g/mol. The van der Waals surface area contributed by atoms with Crippen molar-refractivity contribution < 1.29 is 4.74 Å². The Morgan fingerprint density at radius 3 is 3.05 bits per heavy atom. The number of thiazole rings is 1. The van der Waals surface area contributed by atoms with Gasteiger partial charge in [-0.1, -0.05) is 6.07 Å². The van der Waals surface area contributed by atoms with Crippen LogP contribution in [0.15, 0.2) is 29.1 Å². The number of para-hydroxylation sites is 1. The number of benzene rings is 1. The highest BCUT2D eigenvalue weighted by molar-refractivity contribution is 7.07. The molecule has 2 N–H and O–H groups in total. The van der Waals surface area contributed by atoms with E-state index in [1.807, 2.05) is 28.3 Å². The first-order chi connectivity index (χ1) is 9.29. The van der Waals surface area contributed by atoms with Gasteiger partial charge in [0.15, 0.2) is 0 Å². The molecule has 0 aliphatic carbocycles. The van der Waals surface area contributed by atoms with Crippen molar-refractivity contribution in [3.63, 3.8) is 0 Å². The number of methoxy groups -OCH3 is 1. The summed E-state index contributed by atoms with van der Waals surface area (Å²) in [6.07, 6.45) is 0.844. The first kappa shape index (κ1) is 12.0. The Morgan fingerprint density at radius 2 is 2.32 bits per heavy atom. The molecule has 0 saturated heterocycles. The van der Waals surface area contributed by atoms with Gasteiger partial charge in [-0.3, -0.25) is 0 Å².